The number of amides is 1. The van der Waals surface area contributed by atoms with E-state index in [-0.39, 0.29) is 0 Å². The molecule has 3 rings (SSSR count). The summed E-state index contributed by atoms with van der Waals surface area (Å²) < 4.78 is 15.5. The van der Waals surface area contributed by atoms with Gasteiger partial charge in [-0.1, -0.05) is 36.4 Å². The number of methoxy groups -OCH3 is 3. The lowest BCUT2D eigenvalue weighted by Crippen LogP contribution is -2.56. The van der Waals surface area contributed by atoms with Crippen molar-refractivity contribution < 1.29 is 28.7 Å². The van der Waals surface area contributed by atoms with Gasteiger partial charge in [-0.25, -0.2) is 0 Å². The number of carbonyl (C=O) groups excluding carboxylic acids is 2. The van der Waals surface area contributed by atoms with Crippen molar-refractivity contribution in [3.05, 3.63) is 69.8 Å². The van der Waals surface area contributed by atoms with Gasteiger partial charge in [0.2, 0.25) is 11.9 Å². The van der Waals surface area contributed by atoms with Crippen molar-refractivity contribution in [2.75, 3.05) is 21.3 Å². The Kier molecular flexibility index (Phi) is 6.20. The summed E-state index contributed by atoms with van der Waals surface area (Å²) in [6.45, 7) is 0. The second kappa shape index (κ2) is 8.81. The van der Waals surface area contributed by atoms with Crippen molar-refractivity contribution in [3.8, 4) is 11.5 Å². The number of hydrogen-bond acceptors (Lipinski definition) is 7. The van der Waals surface area contributed by atoms with E-state index in [1.807, 2.05) is 0 Å². The van der Waals surface area contributed by atoms with Gasteiger partial charge in [0.1, 0.15) is 23.5 Å². The van der Waals surface area contributed by atoms with Gasteiger partial charge in [-0.2, -0.15) is 0 Å². The third-order valence-electron chi connectivity index (χ3n) is 5.32. The summed E-state index contributed by atoms with van der Waals surface area (Å²) in [6.07, 6.45) is 0. The van der Waals surface area contributed by atoms with Crippen LogP contribution < -0.4 is 14.8 Å². The van der Waals surface area contributed by atoms with Crippen LogP contribution >= 0.6 is 0 Å². The quantitative estimate of drug-likeness (QED) is 0.333. The molecule has 30 heavy (non-hydrogen) atoms. The summed E-state index contributed by atoms with van der Waals surface area (Å²) in [5.41, 5.74) is 0.824. The molecule has 1 aliphatic rings. The number of benzene rings is 2. The molecule has 9 heteroatoms. The first-order valence-electron chi connectivity index (χ1n) is 9.22. The summed E-state index contributed by atoms with van der Waals surface area (Å²) in [6, 6.07) is 11.0. The van der Waals surface area contributed by atoms with Crippen LogP contribution in [0.15, 0.2) is 48.5 Å². The minimum atomic E-state index is -1.41. The highest BCUT2D eigenvalue weighted by molar-refractivity contribution is 6.00. The fraction of sp³-hybridized carbons (Fsp3) is 0.333. The van der Waals surface area contributed by atoms with Crippen LogP contribution in [-0.4, -0.2) is 44.2 Å². The maximum absolute atomic E-state index is 13.0. The average molecular weight is 414 g/mol. The molecule has 1 amide bonds. The highest BCUT2D eigenvalue weighted by atomic mass is 16.6. The van der Waals surface area contributed by atoms with Crippen molar-refractivity contribution >= 4 is 11.9 Å². The molecule has 0 radical (unpaired) electrons. The molecule has 1 fully saturated rings. The molecule has 158 valence electrons. The zero-order valence-corrected chi connectivity index (χ0v) is 16.7. The van der Waals surface area contributed by atoms with Crippen LogP contribution in [0, 0.1) is 16.0 Å². The van der Waals surface area contributed by atoms with E-state index in [0.29, 0.717) is 22.6 Å². The first-order valence-corrected chi connectivity index (χ1v) is 9.22. The van der Waals surface area contributed by atoms with E-state index in [9.17, 15) is 19.7 Å². The smallest absolute Gasteiger partial charge is 0.319 e. The normalized spacial score (nSPS) is 23.2. The number of ether oxygens (including phenoxy) is 3. The number of nitrogens with zero attached hydrogens (tertiary/aromatic N) is 1. The summed E-state index contributed by atoms with van der Waals surface area (Å²) >= 11 is 0. The second-order valence-electron chi connectivity index (χ2n) is 6.77. The van der Waals surface area contributed by atoms with E-state index >= 15 is 0 Å². The molecule has 0 bridgehead atoms. The molecule has 4 unspecified atom stereocenters. The Morgan fingerprint density at radius 2 is 1.50 bits per heavy atom. The zero-order chi connectivity index (χ0) is 21.8. The van der Waals surface area contributed by atoms with E-state index < -0.39 is 40.7 Å². The predicted octanol–water partition coefficient (Wildman–Crippen LogP) is 2.09. The van der Waals surface area contributed by atoms with Gasteiger partial charge < -0.3 is 19.5 Å². The monoisotopic (exact) mass is 414 g/mol. The number of carbonyl (C=O) groups is 2. The van der Waals surface area contributed by atoms with Gasteiger partial charge in [0.15, 0.2) is 0 Å². The van der Waals surface area contributed by atoms with Gasteiger partial charge in [0, 0.05) is 16.1 Å². The molecule has 4 atom stereocenters. The Morgan fingerprint density at radius 3 is 2.03 bits per heavy atom. The van der Waals surface area contributed by atoms with Gasteiger partial charge in [0.25, 0.3) is 0 Å². The molecule has 0 saturated carbocycles. The molecule has 1 N–H and O–H groups in total. The topological polar surface area (TPSA) is 117 Å². The molecule has 9 nitrogen and oxygen atoms in total. The Morgan fingerprint density at radius 1 is 0.967 bits per heavy atom. The molecular weight excluding hydrogens is 392 g/mol. The molecule has 0 aromatic heterocycles. The third kappa shape index (κ3) is 3.66. The maximum Gasteiger partial charge on any atom is 0.319 e. The highest BCUT2D eigenvalue weighted by Gasteiger charge is 2.56. The molecule has 2 aromatic rings. The summed E-state index contributed by atoms with van der Waals surface area (Å²) in [7, 11) is 4.01. The van der Waals surface area contributed by atoms with Crippen LogP contribution in [0.25, 0.3) is 0 Å². The van der Waals surface area contributed by atoms with Crippen molar-refractivity contribution in [2.24, 2.45) is 5.92 Å². The number of nitro groups is 1. The summed E-state index contributed by atoms with van der Waals surface area (Å²) in [5.74, 6) is -3.30. The first kappa shape index (κ1) is 21.1. The van der Waals surface area contributed by atoms with Gasteiger partial charge in [0.05, 0.1) is 27.2 Å². The Hall–Kier alpha value is -3.62. The molecule has 1 heterocycles. The lowest BCUT2D eigenvalue weighted by atomic mass is 9.72. The number of nitrogens with one attached hydrogen (secondary N) is 1. The van der Waals surface area contributed by atoms with Crippen LogP contribution in [0.2, 0.25) is 0 Å². The Balaban J connectivity index is 2.24. The zero-order valence-electron chi connectivity index (χ0n) is 16.7. The van der Waals surface area contributed by atoms with E-state index in [0.717, 1.165) is 7.11 Å². The van der Waals surface area contributed by atoms with E-state index in [1.54, 1.807) is 48.5 Å². The van der Waals surface area contributed by atoms with Crippen molar-refractivity contribution in [1.82, 2.24) is 5.32 Å². The van der Waals surface area contributed by atoms with Crippen molar-refractivity contribution in [3.63, 3.8) is 0 Å². The second-order valence-corrected chi connectivity index (χ2v) is 6.77. The van der Waals surface area contributed by atoms with Gasteiger partial charge in [-0.05, 0) is 12.1 Å². The highest BCUT2D eigenvalue weighted by Crippen LogP contribution is 2.45. The number of piperidine rings is 1. The SMILES string of the molecule is COC(=O)C1C(=O)NC(c2ccccc2OC)C([N+](=O)[O-])C1c1ccccc1OC. The molecule has 0 spiro atoms. The Bertz CT molecular complexity index is 962. The van der Waals surface area contributed by atoms with E-state index in [1.165, 1.54) is 14.2 Å². The van der Waals surface area contributed by atoms with Crippen LogP contribution in [-0.2, 0) is 14.3 Å². The van der Waals surface area contributed by atoms with Crippen molar-refractivity contribution in [2.45, 2.75) is 18.0 Å². The van der Waals surface area contributed by atoms with Crippen LogP contribution in [0.1, 0.15) is 23.1 Å². The van der Waals surface area contributed by atoms with Crippen molar-refractivity contribution in [1.29, 1.82) is 0 Å². The Labute approximate surface area is 173 Å². The first-order chi connectivity index (χ1) is 14.4. The van der Waals surface area contributed by atoms with Crippen LogP contribution in [0.5, 0.6) is 11.5 Å². The summed E-state index contributed by atoms with van der Waals surface area (Å²) in [4.78, 5) is 37.4. The van der Waals surface area contributed by atoms with Crippen LogP contribution in [0.4, 0.5) is 0 Å². The molecule has 2 aromatic carbocycles. The minimum absolute atomic E-state index is 0.344. The van der Waals surface area contributed by atoms with Gasteiger partial charge in [-0.15, -0.1) is 0 Å². The number of esters is 1. The number of para-hydroxylation sites is 2. The molecular formula is C21H22N2O7. The fourth-order valence-electron chi connectivity index (χ4n) is 4.02. The lowest BCUT2D eigenvalue weighted by molar-refractivity contribution is -0.534. The largest absolute Gasteiger partial charge is 0.496 e. The fourth-order valence-corrected chi connectivity index (χ4v) is 4.02. The number of hydrogen-bond donors (Lipinski definition) is 1. The van der Waals surface area contributed by atoms with Gasteiger partial charge in [-0.3, -0.25) is 19.7 Å². The molecule has 1 aliphatic heterocycles. The van der Waals surface area contributed by atoms with Gasteiger partial charge >= 0.3 is 5.97 Å². The van der Waals surface area contributed by atoms with Crippen LogP contribution in [0.3, 0.4) is 0 Å². The molecule has 0 aliphatic carbocycles. The molecule has 1 saturated heterocycles. The lowest BCUT2D eigenvalue weighted by Gasteiger charge is -2.37. The third-order valence-corrected chi connectivity index (χ3v) is 5.32. The maximum atomic E-state index is 13.0. The van der Waals surface area contributed by atoms with E-state index in [2.05, 4.69) is 5.32 Å². The average Bonchev–Trinajstić information content (AvgIpc) is 2.77. The van der Waals surface area contributed by atoms with E-state index in [4.69, 9.17) is 14.2 Å². The predicted molar refractivity (Wildman–Crippen MR) is 106 cm³/mol. The standard InChI is InChI=1S/C21H22N2O7/c1-28-14-10-6-4-8-12(14)16-17(21(25)30-3)20(24)22-18(19(16)23(26)27)13-9-5-7-11-15(13)29-2/h4-11,16-19H,1-3H3,(H,22,24). The number of rotatable bonds is 6. The summed E-state index contributed by atoms with van der Waals surface area (Å²) in [5, 5.41) is 14.9. The minimum Gasteiger partial charge on any atom is -0.496 e.